The van der Waals surface area contributed by atoms with Crippen molar-refractivity contribution in [2.45, 2.75) is 26.8 Å². The molecule has 2 heterocycles. The third kappa shape index (κ3) is 4.41. The number of para-hydroxylation sites is 1. The van der Waals surface area contributed by atoms with Crippen molar-refractivity contribution in [2.75, 3.05) is 20.3 Å². The third-order valence-corrected chi connectivity index (χ3v) is 6.42. The average Bonchev–Trinajstić information content (AvgIpc) is 3.14. The van der Waals surface area contributed by atoms with Gasteiger partial charge in [-0.1, -0.05) is 41.7 Å². The Morgan fingerprint density at radius 3 is 2.47 bits per heavy atom. The summed E-state index contributed by atoms with van der Waals surface area (Å²) in [5.74, 6) is 0.896. The predicted octanol–water partition coefficient (Wildman–Crippen LogP) is 3.21. The fraction of sp³-hybridized carbons (Fsp3) is 0.269. The van der Waals surface area contributed by atoms with Crippen LogP contribution in [0.3, 0.4) is 0 Å². The van der Waals surface area contributed by atoms with Crippen LogP contribution in [0.4, 0.5) is 0 Å². The number of allylic oxidation sites excluding steroid dienone is 1. The van der Waals surface area contributed by atoms with Crippen LogP contribution in [0.25, 0.3) is 6.08 Å². The van der Waals surface area contributed by atoms with Crippen molar-refractivity contribution in [2.24, 2.45) is 4.99 Å². The molecule has 0 spiro atoms. The lowest BCUT2D eigenvalue weighted by atomic mass is 9.96. The normalized spacial score (nSPS) is 15.5. The van der Waals surface area contributed by atoms with Crippen LogP contribution in [0, 0.1) is 0 Å². The highest BCUT2D eigenvalue weighted by molar-refractivity contribution is 7.07. The number of hydrogen-bond acceptors (Lipinski definition) is 7. The fourth-order valence-corrected chi connectivity index (χ4v) is 4.99. The monoisotopic (exact) mass is 478 g/mol. The van der Waals surface area contributed by atoms with E-state index in [0.29, 0.717) is 45.3 Å². The summed E-state index contributed by atoms with van der Waals surface area (Å²) in [4.78, 5) is 31.5. The average molecular weight is 479 g/mol. The van der Waals surface area contributed by atoms with E-state index in [4.69, 9.17) is 14.2 Å². The van der Waals surface area contributed by atoms with Crippen LogP contribution < -0.4 is 24.4 Å². The quantitative estimate of drug-likeness (QED) is 0.488. The zero-order valence-corrected chi connectivity index (χ0v) is 20.3. The van der Waals surface area contributed by atoms with Crippen LogP contribution in [-0.2, 0) is 9.53 Å². The number of methoxy groups -OCH3 is 1. The van der Waals surface area contributed by atoms with Crippen molar-refractivity contribution < 1.29 is 19.0 Å². The van der Waals surface area contributed by atoms with Crippen LogP contribution in [-0.4, -0.2) is 30.9 Å². The molecule has 0 aliphatic carbocycles. The van der Waals surface area contributed by atoms with E-state index in [1.807, 2.05) is 62.4 Å². The number of hydrogen-bond donors (Lipinski definition) is 0. The molecule has 0 fully saturated rings. The first-order valence-corrected chi connectivity index (χ1v) is 11.9. The molecular formula is C26H26N2O5S. The van der Waals surface area contributed by atoms with Gasteiger partial charge in [-0.25, -0.2) is 9.79 Å². The van der Waals surface area contributed by atoms with E-state index >= 15 is 0 Å². The Bertz CT molecular complexity index is 1420. The summed E-state index contributed by atoms with van der Waals surface area (Å²) < 4.78 is 18.4. The Morgan fingerprint density at radius 2 is 1.79 bits per heavy atom. The molecule has 2 aromatic carbocycles. The number of thiazole rings is 1. The first kappa shape index (κ1) is 23.5. The maximum absolute atomic E-state index is 13.6. The second-order valence-electron chi connectivity index (χ2n) is 7.55. The summed E-state index contributed by atoms with van der Waals surface area (Å²) in [6.07, 6.45) is 1.81. The summed E-state index contributed by atoms with van der Waals surface area (Å²) >= 11 is 1.28. The van der Waals surface area contributed by atoms with E-state index in [1.165, 1.54) is 18.4 Å². The van der Waals surface area contributed by atoms with Crippen molar-refractivity contribution in [1.82, 2.24) is 4.57 Å². The first-order valence-electron chi connectivity index (χ1n) is 11.0. The standard InChI is InChI=1S/C26H26N2O5S/c1-5-32-19-13-11-17(12-14-19)23-22(25(30)31-4)16(3)27-26-28(23)24(29)21(34-26)15-18-9-7-8-10-20(18)33-6-2/h7-15,23H,5-6H2,1-4H3/b21-15-/t23-/m1/s1. The molecule has 1 aliphatic rings. The maximum atomic E-state index is 13.6. The molecule has 1 atom stereocenters. The fourth-order valence-electron chi connectivity index (χ4n) is 3.95. The Balaban J connectivity index is 1.92. The number of nitrogens with zero attached hydrogens (tertiary/aromatic N) is 2. The number of carbonyl (C=O) groups is 1. The molecule has 176 valence electrons. The van der Waals surface area contributed by atoms with E-state index in [-0.39, 0.29) is 5.56 Å². The largest absolute Gasteiger partial charge is 0.494 e. The highest BCUT2D eigenvalue weighted by Gasteiger charge is 2.33. The summed E-state index contributed by atoms with van der Waals surface area (Å²) in [5, 5.41) is 0. The molecule has 0 unspecified atom stereocenters. The van der Waals surface area contributed by atoms with Crippen molar-refractivity contribution in [3.63, 3.8) is 0 Å². The number of esters is 1. The van der Waals surface area contributed by atoms with Gasteiger partial charge in [-0.15, -0.1) is 0 Å². The smallest absolute Gasteiger partial charge is 0.338 e. The van der Waals surface area contributed by atoms with Gasteiger partial charge < -0.3 is 14.2 Å². The molecule has 0 saturated carbocycles. The highest BCUT2D eigenvalue weighted by atomic mass is 32.1. The number of ether oxygens (including phenoxy) is 3. The number of fused-ring (bicyclic) bond motifs is 1. The Kier molecular flexibility index (Phi) is 6.98. The molecule has 1 aliphatic heterocycles. The summed E-state index contributed by atoms with van der Waals surface area (Å²) in [6.45, 7) is 6.65. The molecule has 0 bridgehead atoms. The van der Waals surface area contributed by atoms with Crippen molar-refractivity contribution in [1.29, 1.82) is 0 Å². The molecule has 0 saturated heterocycles. The van der Waals surface area contributed by atoms with Gasteiger partial charge >= 0.3 is 5.97 Å². The van der Waals surface area contributed by atoms with Crippen LogP contribution in [0.5, 0.6) is 11.5 Å². The van der Waals surface area contributed by atoms with Gasteiger partial charge in [-0.2, -0.15) is 0 Å². The summed E-state index contributed by atoms with van der Waals surface area (Å²) in [7, 11) is 1.33. The van der Waals surface area contributed by atoms with Crippen LogP contribution in [0.15, 0.2) is 69.6 Å². The molecular weight excluding hydrogens is 452 g/mol. The Hall–Kier alpha value is -3.65. The van der Waals surface area contributed by atoms with E-state index in [1.54, 1.807) is 17.6 Å². The minimum Gasteiger partial charge on any atom is -0.494 e. The van der Waals surface area contributed by atoms with Crippen molar-refractivity contribution in [3.8, 4) is 11.5 Å². The second-order valence-corrected chi connectivity index (χ2v) is 8.56. The topological polar surface area (TPSA) is 79.1 Å². The van der Waals surface area contributed by atoms with Gasteiger partial charge in [-0.05, 0) is 50.6 Å². The third-order valence-electron chi connectivity index (χ3n) is 5.44. The molecule has 3 aromatic rings. The van der Waals surface area contributed by atoms with E-state index in [0.717, 1.165) is 11.1 Å². The summed E-state index contributed by atoms with van der Waals surface area (Å²) in [6, 6.07) is 14.3. The highest BCUT2D eigenvalue weighted by Crippen LogP contribution is 2.31. The zero-order valence-electron chi connectivity index (χ0n) is 19.5. The van der Waals surface area contributed by atoms with Gasteiger partial charge in [0.15, 0.2) is 4.80 Å². The molecule has 7 nitrogen and oxygen atoms in total. The van der Waals surface area contributed by atoms with E-state index < -0.39 is 12.0 Å². The summed E-state index contributed by atoms with van der Waals surface area (Å²) in [5.41, 5.74) is 2.19. The molecule has 8 heteroatoms. The lowest BCUT2D eigenvalue weighted by Crippen LogP contribution is -2.39. The van der Waals surface area contributed by atoms with Gasteiger partial charge in [0.1, 0.15) is 11.5 Å². The molecule has 1 aromatic heterocycles. The van der Waals surface area contributed by atoms with Gasteiger partial charge in [0.25, 0.3) is 5.56 Å². The van der Waals surface area contributed by atoms with Crippen LogP contribution in [0.2, 0.25) is 0 Å². The lowest BCUT2D eigenvalue weighted by Gasteiger charge is -2.24. The molecule has 4 rings (SSSR count). The molecule has 34 heavy (non-hydrogen) atoms. The number of carbonyl (C=O) groups excluding carboxylic acids is 1. The first-order chi connectivity index (χ1) is 16.5. The molecule has 0 radical (unpaired) electrons. The second kappa shape index (κ2) is 10.1. The van der Waals surface area contributed by atoms with Gasteiger partial charge in [0, 0.05) is 5.56 Å². The minimum absolute atomic E-state index is 0.233. The van der Waals surface area contributed by atoms with Crippen molar-refractivity contribution in [3.05, 3.63) is 90.6 Å². The lowest BCUT2D eigenvalue weighted by molar-refractivity contribution is -0.136. The van der Waals surface area contributed by atoms with Crippen LogP contribution in [0.1, 0.15) is 37.9 Å². The van der Waals surface area contributed by atoms with Gasteiger partial charge in [0.05, 0.1) is 42.2 Å². The SMILES string of the molecule is CCOc1ccc([C@@H]2C(C(=O)OC)=C(C)N=c3s/c(=C\c4ccccc4OCC)c(=O)n32)cc1. The number of benzene rings is 2. The van der Waals surface area contributed by atoms with E-state index in [2.05, 4.69) is 4.99 Å². The Labute approximate surface area is 201 Å². The van der Waals surface area contributed by atoms with Gasteiger partial charge in [-0.3, -0.25) is 9.36 Å². The number of aromatic nitrogens is 1. The molecule has 0 amide bonds. The van der Waals surface area contributed by atoms with Gasteiger partial charge in [0.2, 0.25) is 0 Å². The zero-order chi connectivity index (χ0) is 24.2. The minimum atomic E-state index is -0.663. The number of rotatable bonds is 7. The predicted molar refractivity (Wildman–Crippen MR) is 131 cm³/mol. The maximum Gasteiger partial charge on any atom is 0.338 e. The van der Waals surface area contributed by atoms with Crippen molar-refractivity contribution >= 4 is 23.4 Å². The molecule has 0 N–H and O–H groups in total. The van der Waals surface area contributed by atoms with E-state index in [9.17, 15) is 9.59 Å². The van der Waals surface area contributed by atoms with Crippen LogP contribution >= 0.6 is 11.3 Å². The Morgan fingerprint density at radius 1 is 1.09 bits per heavy atom.